The minimum absolute atomic E-state index is 0.0430. The van der Waals surface area contributed by atoms with Gasteiger partial charge in [-0.05, 0) is 43.4 Å². The summed E-state index contributed by atoms with van der Waals surface area (Å²) in [6, 6.07) is 5.89. The number of aryl methyl sites for hydroxylation is 1. The van der Waals surface area contributed by atoms with Gasteiger partial charge >= 0.3 is 0 Å². The minimum atomic E-state index is -0.429. The van der Waals surface area contributed by atoms with Crippen molar-refractivity contribution in [3.8, 4) is 17.5 Å². The van der Waals surface area contributed by atoms with Gasteiger partial charge in [0.2, 0.25) is 0 Å². The number of hydrogen-bond acceptors (Lipinski definition) is 5. The van der Waals surface area contributed by atoms with E-state index in [1.807, 2.05) is 32.1 Å². The molecule has 0 saturated heterocycles. The molecule has 2 aliphatic carbocycles. The van der Waals surface area contributed by atoms with E-state index in [0.29, 0.717) is 5.82 Å². The molecule has 26 heavy (non-hydrogen) atoms. The van der Waals surface area contributed by atoms with Crippen LogP contribution >= 0.6 is 0 Å². The van der Waals surface area contributed by atoms with Gasteiger partial charge in [-0.2, -0.15) is 5.26 Å². The van der Waals surface area contributed by atoms with E-state index in [4.69, 9.17) is 9.97 Å². The Bertz CT molecular complexity index is 973. The number of carbonyl (C=O) groups is 1. The summed E-state index contributed by atoms with van der Waals surface area (Å²) in [6.45, 7) is 6.07. The summed E-state index contributed by atoms with van der Waals surface area (Å²) in [5.41, 5.74) is 3.82. The van der Waals surface area contributed by atoms with Crippen LogP contribution in [0.4, 0.5) is 0 Å². The summed E-state index contributed by atoms with van der Waals surface area (Å²) >= 11 is 0. The second kappa shape index (κ2) is 5.84. The molecule has 2 aliphatic rings. The number of Topliss-reactive ketones (excluding diaryl/α,β-unsaturated/α-hetero) is 1. The second-order valence-electron chi connectivity index (χ2n) is 7.45. The number of rotatable bonds is 1. The Morgan fingerprint density at radius 3 is 2.69 bits per heavy atom. The van der Waals surface area contributed by atoms with Crippen molar-refractivity contribution < 1.29 is 4.79 Å². The van der Waals surface area contributed by atoms with Crippen LogP contribution in [-0.4, -0.2) is 20.7 Å². The maximum atomic E-state index is 12.5. The molecule has 3 atom stereocenters. The van der Waals surface area contributed by atoms with Crippen molar-refractivity contribution in [1.82, 2.24) is 15.0 Å². The van der Waals surface area contributed by atoms with Gasteiger partial charge in [0.15, 0.2) is 11.6 Å². The molecule has 0 saturated carbocycles. The van der Waals surface area contributed by atoms with Crippen LogP contribution in [0.5, 0.6) is 0 Å². The number of nitrogens with zero attached hydrogens (tertiary/aromatic N) is 4. The van der Waals surface area contributed by atoms with Crippen LogP contribution in [0.15, 0.2) is 36.2 Å². The Balaban J connectivity index is 1.96. The average molecular weight is 344 g/mol. The van der Waals surface area contributed by atoms with Gasteiger partial charge in [0.05, 0.1) is 11.3 Å². The zero-order valence-electron chi connectivity index (χ0n) is 15.2. The summed E-state index contributed by atoms with van der Waals surface area (Å²) in [6.07, 6.45) is 7.08. The number of carbonyl (C=O) groups excluding carboxylic acids is 1. The standard InChI is InChI=1S/C21H20N4O/c1-12-17-5-4-16-13(2)24-20(14-6-8-23-9-7-14)25-19(16)21(17,3)10-15(11-22)18(12)26/h6-10,12,17H,4-5H2,1-3H3/t12-,17-,21-/m1/s1. The van der Waals surface area contributed by atoms with Crippen molar-refractivity contribution in [1.29, 1.82) is 5.26 Å². The molecule has 0 fully saturated rings. The Kier molecular flexibility index (Phi) is 3.73. The molecule has 0 unspecified atom stereocenters. The fourth-order valence-electron chi connectivity index (χ4n) is 4.58. The highest BCUT2D eigenvalue weighted by Crippen LogP contribution is 2.49. The van der Waals surface area contributed by atoms with Gasteiger partial charge < -0.3 is 0 Å². The number of hydrogen-bond donors (Lipinski definition) is 0. The predicted molar refractivity (Wildman–Crippen MR) is 97.0 cm³/mol. The van der Waals surface area contributed by atoms with E-state index in [1.165, 1.54) is 0 Å². The molecule has 0 spiro atoms. The molecule has 0 aromatic carbocycles. The molecule has 0 amide bonds. The largest absolute Gasteiger partial charge is 0.293 e. The van der Waals surface area contributed by atoms with Crippen LogP contribution in [0, 0.1) is 30.1 Å². The highest BCUT2D eigenvalue weighted by molar-refractivity contribution is 6.02. The molecule has 0 radical (unpaired) electrons. The van der Waals surface area contributed by atoms with E-state index in [-0.39, 0.29) is 23.2 Å². The molecule has 0 aliphatic heterocycles. The van der Waals surface area contributed by atoms with Crippen LogP contribution < -0.4 is 0 Å². The fraction of sp³-hybridized carbons (Fsp3) is 0.381. The van der Waals surface area contributed by atoms with Gasteiger partial charge in [0.25, 0.3) is 0 Å². The predicted octanol–water partition coefficient (Wildman–Crippen LogP) is 3.34. The van der Waals surface area contributed by atoms with Crippen molar-refractivity contribution in [2.45, 2.75) is 39.0 Å². The smallest absolute Gasteiger partial charge is 0.176 e. The number of ketones is 1. The first kappa shape index (κ1) is 16.6. The lowest BCUT2D eigenvalue weighted by atomic mass is 9.57. The highest BCUT2D eigenvalue weighted by atomic mass is 16.1. The molecule has 2 heterocycles. The second-order valence-corrected chi connectivity index (χ2v) is 7.45. The average Bonchev–Trinajstić information content (AvgIpc) is 2.65. The molecule has 5 nitrogen and oxygen atoms in total. The molecule has 130 valence electrons. The topological polar surface area (TPSA) is 79.5 Å². The van der Waals surface area contributed by atoms with Crippen LogP contribution in [0.1, 0.15) is 37.2 Å². The molecular weight excluding hydrogens is 324 g/mol. The molecule has 4 rings (SSSR count). The van der Waals surface area contributed by atoms with E-state index < -0.39 is 5.41 Å². The first-order valence-electron chi connectivity index (χ1n) is 8.91. The maximum Gasteiger partial charge on any atom is 0.176 e. The molecular formula is C21H20N4O. The normalized spacial score (nSPS) is 27.2. The first-order chi connectivity index (χ1) is 12.5. The molecule has 2 aromatic rings. The van der Waals surface area contributed by atoms with Crippen LogP contribution in [0.25, 0.3) is 11.4 Å². The third kappa shape index (κ3) is 2.29. The number of nitriles is 1. The van der Waals surface area contributed by atoms with E-state index in [9.17, 15) is 10.1 Å². The van der Waals surface area contributed by atoms with Gasteiger partial charge in [-0.1, -0.05) is 19.9 Å². The lowest BCUT2D eigenvalue weighted by Gasteiger charge is -2.45. The fourth-order valence-corrected chi connectivity index (χ4v) is 4.58. The molecule has 0 N–H and O–H groups in total. The Morgan fingerprint density at radius 1 is 1.27 bits per heavy atom. The summed E-state index contributed by atoms with van der Waals surface area (Å²) in [5, 5.41) is 9.44. The van der Waals surface area contributed by atoms with Crippen molar-refractivity contribution in [3.05, 3.63) is 53.1 Å². The zero-order valence-corrected chi connectivity index (χ0v) is 15.2. The molecule has 2 aromatic heterocycles. The first-order valence-corrected chi connectivity index (χ1v) is 8.91. The summed E-state index contributed by atoms with van der Waals surface area (Å²) < 4.78 is 0. The zero-order chi connectivity index (χ0) is 18.5. The van der Waals surface area contributed by atoms with Crippen molar-refractivity contribution in [2.24, 2.45) is 11.8 Å². The highest BCUT2D eigenvalue weighted by Gasteiger charge is 2.49. The van der Waals surface area contributed by atoms with E-state index in [1.54, 1.807) is 12.4 Å². The minimum Gasteiger partial charge on any atom is -0.293 e. The SMILES string of the molecule is Cc1nc(-c2ccncc2)nc2c1CC[C@@H]1[C@@H](C)C(=O)C(C#N)=C[C@@]21C. The van der Waals surface area contributed by atoms with E-state index in [2.05, 4.69) is 18.0 Å². The van der Waals surface area contributed by atoms with Gasteiger partial charge in [-0.3, -0.25) is 9.78 Å². The van der Waals surface area contributed by atoms with Gasteiger partial charge in [-0.15, -0.1) is 0 Å². The van der Waals surface area contributed by atoms with Crippen molar-refractivity contribution in [3.63, 3.8) is 0 Å². The molecule has 0 bridgehead atoms. The lowest BCUT2D eigenvalue weighted by molar-refractivity contribution is -0.121. The van der Waals surface area contributed by atoms with Crippen LogP contribution in [0.2, 0.25) is 0 Å². The van der Waals surface area contributed by atoms with Gasteiger partial charge in [0.1, 0.15) is 6.07 Å². The van der Waals surface area contributed by atoms with Crippen LogP contribution in [-0.2, 0) is 16.6 Å². The third-order valence-electron chi connectivity index (χ3n) is 5.99. The Labute approximate surface area is 152 Å². The Morgan fingerprint density at radius 2 is 2.00 bits per heavy atom. The number of pyridine rings is 1. The van der Waals surface area contributed by atoms with Gasteiger partial charge in [-0.25, -0.2) is 9.97 Å². The number of aromatic nitrogens is 3. The molecule has 5 heteroatoms. The van der Waals surface area contributed by atoms with Crippen molar-refractivity contribution in [2.75, 3.05) is 0 Å². The van der Waals surface area contributed by atoms with Crippen molar-refractivity contribution >= 4 is 5.78 Å². The summed E-state index contributed by atoms with van der Waals surface area (Å²) in [7, 11) is 0. The quantitative estimate of drug-likeness (QED) is 0.793. The monoisotopic (exact) mass is 344 g/mol. The number of fused-ring (bicyclic) bond motifs is 3. The van der Waals surface area contributed by atoms with E-state index in [0.717, 1.165) is 35.4 Å². The number of allylic oxidation sites excluding steroid dienone is 2. The summed E-state index contributed by atoms with van der Waals surface area (Å²) in [5.74, 6) is 0.604. The summed E-state index contributed by atoms with van der Waals surface area (Å²) in [4.78, 5) is 26.2. The maximum absolute atomic E-state index is 12.5. The lowest BCUT2D eigenvalue weighted by Crippen LogP contribution is -2.46. The van der Waals surface area contributed by atoms with E-state index >= 15 is 0 Å². The van der Waals surface area contributed by atoms with Gasteiger partial charge in [0, 0.05) is 35.0 Å². The third-order valence-corrected chi connectivity index (χ3v) is 5.99. The Hall–Kier alpha value is -2.87. The van der Waals surface area contributed by atoms with Crippen LogP contribution in [0.3, 0.4) is 0 Å².